The Morgan fingerprint density at radius 3 is 2.31 bits per heavy atom. The van der Waals surface area contributed by atoms with Crippen molar-refractivity contribution in [1.29, 1.82) is 0 Å². The Balaban J connectivity index is 2.72. The number of carboxylic acid groups (broad SMARTS) is 1. The quantitative estimate of drug-likeness (QED) is 0.681. The maximum absolute atomic E-state index is 11.0. The van der Waals surface area contributed by atoms with Gasteiger partial charge in [-0.1, -0.05) is 32.8 Å². The lowest BCUT2D eigenvalue weighted by Crippen LogP contribution is -2.10. The van der Waals surface area contributed by atoms with E-state index in [9.17, 15) is 4.79 Å². The molecule has 1 aliphatic rings. The molecule has 0 aromatic rings. The van der Waals surface area contributed by atoms with Gasteiger partial charge in [0.15, 0.2) is 0 Å². The molecule has 0 saturated heterocycles. The zero-order chi connectivity index (χ0) is 9.84. The van der Waals surface area contributed by atoms with Gasteiger partial charge in [0.2, 0.25) is 0 Å². The van der Waals surface area contributed by atoms with Crippen LogP contribution in [0.5, 0.6) is 0 Å². The van der Waals surface area contributed by atoms with Gasteiger partial charge in [0, 0.05) is 5.57 Å². The van der Waals surface area contributed by atoms with Crippen molar-refractivity contribution in [3.05, 3.63) is 11.6 Å². The van der Waals surface area contributed by atoms with Crippen LogP contribution in [-0.2, 0) is 4.79 Å². The number of carboxylic acids is 1. The van der Waals surface area contributed by atoms with Crippen LogP contribution in [0.1, 0.15) is 39.5 Å². The lowest BCUT2D eigenvalue weighted by molar-refractivity contribution is -0.133. The Hall–Kier alpha value is -0.790. The lowest BCUT2D eigenvalue weighted by atomic mass is 9.94. The highest BCUT2D eigenvalue weighted by Crippen LogP contribution is 2.31. The van der Waals surface area contributed by atoms with E-state index in [0.717, 1.165) is 12.8 Å². The molecule has 0 amide bonds. The molecule has 0 aromatic carbocycles. The normalized spacial score (nSPS) is 19.8. The predicted octanol–water partition coefficient (Wildman–Crippen LogP) is 2.84. The van der Waals surface area contributed by atoms with E-state index >= 15 is 0 Å². The molecule has 0 spiro atoms. The van der Waals surface area contributed by atoms with Crippen LogP contribution in [0.4, 0.5) is 0 Å². The molecule has 0 aliphatic heterocycles. The van der Waals surface area contributed by atoms with Gasteiger partial charge < -0.3 is 5.11 Å². The van der Waals surface area contributed by atoms with Gasteiger partial charge in [-0.15, -0.1) is 0 Å². The summed E-state index contributed by atoms with van der Waals surface area (Å²) in [5.41, 5.74) is 0.646. The minimum absolute atomic E-state index is 0.319. The minimum atomic E-state index is -0.722. The summed E-state index contributed by atoms with van der Waals surface area (Å²) in [6.45, 7) is 4.05. The molecular weight excluding hydrogens is 164 g/mol. The molecule has 0 radical (unpaired) electrons. The van der Waals surface area contributed by atoms with Gasteiger partial charge in [0.1, 0.15) is 0 Å². The molecular formula is C11H18O2. The second-order valence-electron chi connectivity index (χ2n) is 4.15. The summed E-state index contributed by atoms with van der Waals surface area (Å²) in [7, 11) is 0. The van der Waals surface area contributed by atoms with Crippen LogP contribution in [-0.4, -0.2) is 11.1 Å². The van der Waals surface area contributed by atoms with Gasteiger partial charge in [0.25, 0.3) is 0 Å². The molecule has 1 rings (SSSR count). The van der Waals surface area contributed by atoms with Crippen LogP contribution < -0.4 is 0 Å². The summed E-state index contributed by atoms with van der Waals surface area (Å²) in [4.78, 5) is 11.0. The highest BCUT2D eigenvalue weighted by molar-refractivity contribution is 5.87. The van der Waals surface area contributed by atoms with E-state index in [1.54, 1.807) is 0 Å². The number of allylic oxidation sites excluding steroid dienone is 1. The van der Waals surface area contributed by atoms with Crippen LogP contribution in [0, 0.1) is 11.8 Å². The van der Waals surface area contributed by atoms with E-state index in [0.29, 0.717) is 17.4 Å². The molecule has 0 unspecified atom stereocenters. The Bertz CT molecular complexity index is 210. The van der Waals surface area contributed by atoms with Crippen molar-refractivity contribution in [2.45, 2.75) is 39.5 Å². The monoisotopic (exact) mass is 182 g/mol. The molecule has 1 saturated carbocycles. The average molecular weight is 182 g/mol. The first-order valence-corrected chi connectivity index (χ1v) is 5.06. The Labute approximate surface area is 79.6 Å². The number of hydrogen-bond acceptors (Lipinski definition) is 1. The Kier molecular flexibility index (Phi) is 3.52. The maximum Gasteiger partial charge on any atom is 0.331 e. The predicted molar refractivity (Wildman–Crippen MR) is 52.5 cm³/mol. The second-order valence-corrected chi connectivity index (χ2v) is 4.15. The maximum atomic E-state index is 11.0. The Morgan fingerprint density at radius 1 is 1.38 bits per heavy atom. The van der Waals surface area contributed by atoms with Gasteiger partial charge in [-0.05, 0) is 24.7 Å². The van der Waals surface area contributed by atoms with Crippen molar-refractivity contribution in [3.63, 3.8) is 0 Å². The summed E-state index contributed by atoms with van der Waals surface area (Å²) in [5.74, 6) is -0.0628. The first-order chi connectivity index (χ1) is 6.11. The average Bonchev–Trinajstić information content (AvgIpc) is 2.50. The number of carbonyl (C=O) groups is 1. The number of hydrogen-bond donors (Lipinski definition) is 1. The molecule has 1 N–H and O–H groups in total. The molecule has 1 fully saturated rings. The lowest BCUT2D eigenvalue weighted by Gasteiger charge is -2.11. The van der Waals surface area contributed by atoms with Gasteiger partial charge in [0.05, 0.1) is 0 Å². The van der Waals surface area contributed by atoms with Crippen molar-refractivity contribution in [2.24, 2.45) is 11.8 Å². The zero-order valence-electron chi connectivity index (χ0n) is 8.42. The Morgan fingerprint density at radius 2 is 1.92 bits per heavy atom. The van der Waals surface area contributed by atoms with E-state index in [-0.39, 0.29) is 0 Å². The molecule has 0 aromatic heterocycles. The molecule has 1 aliphatic carbocycles. The number of aliphatic carboxylic acids is 1. The van der Waals surface area contributed by atoms with Gasteiger partial charge >= 0.3 is 5.97 Å². The third-order valence-corrected chi connectivity index (χ3v) is 2.55. The second kappa shape index (κ2) is 4.45. The van der Waals surface area contributed by atoms with Crippen molar-refractivity contribution in [3.8, 4) is 0 Å². The summed E-state index contributed by atoms with van der Waals surface area (Å²) in [5, 5.41) is 9.01. The fraction of sp³-hybridized carbons (Fsp3) is 0.727. The molecule has 2 heteroatoms. The van der Waals surface area contributed by atoms with Gasteiger partial charge in [-0.25, -0.2) is 4.79 Å². The van der Waals surface area contributed by atoms with Crippen molar-refractivity contribution < 1.29 is 9.90 Å². The summed E-state index contributed by atoms with van der Waals surface area (Å²) in [6.07, 6.45) is 6.40. The van der Waals surface area contributed by atoms with Gasteiger partial charge in [-0.2, -0.15) is 0 Å². The third kappa shape index (κ3) is 2.87. The first-order valence-electron chi connectivity index (χ1n) is 5.06. The smallest absolute Gasteiger partial charge is 0.331 e. The highest BCUT2D eigenvalue weighted by Gasteiger charge is 2.23. The summed E-state index contributed by atoms with van der Waals surface area (Å²) >= 11 is 0. The van der Waals surface area contributed by atoms with Crippen molar-refractivity contribution >= 4 is 5.97 Å². The molecule has 13 heavy (non-hydrogen) atoms. The highest BCUT2D eigenvalue weighted by atomic mass is 16.4. The summed E-state index contributed by atoms with van der Waals surface area (Å²) in [6, 6.07) is 0. The van der Waals surface area contributed by atoms with Crippen LogP contribution in [0.25, 0.3) is 0 Å². The van der Waals surface area contributed by atoms with Crippen LogP contribution >= 0.6 is 0 Å². The fourth-order valence-electron chi connectivity index (χ4n) is 1.98. The van der Waals surface area contributed by atoms with Crippen LogP contribution in [0.15, 0.2) is 11.6 Å². The fourth-order valence-corrected chi connectivity index (χ4v) is 1.98. The van der Waals surface area contributed by atoms with Crippen molar-refractivity contribution in [2.75, 3.05) is 0 Å². The van der Waals surface area contributed by atoms with Gasteiger partial charge in [-0.3, -0.25) is 0 Å². The molecule has 0 bridgehead atoms. The topological polar surface area (TPSA) is 37.3 Å². The largest absolute Gasteiger partial charge is 0.478 e. The van der Waals surface area contributed by atoms with Crippen molar-refractivity contribution in [1.82, 2.24) is 0 Å². The zero-order valence-corrected chi connectivity index (χ0v) is 8.42. The number of rotatable bonds is 3. The van der Waals surface area contributed by atoms with E-state index in [2.05, 4.69) is 0 Å². The standard InChI is InChI=1S/C11H18O2/c1-8(2)7-10(11(12)13)9-5-3-4-6-9/h7-9H,3-6H2,1-2H3,(H,12,13)/b10-7+. The first kappa shape index (κ1) is 10.3. The third-order valence-electron chi connectivity index (χ3n) is 2.55. The SMILES string of the molecule is CC(C)/C=C(/C(=O)O)C1CCCC1. The van der Waals surface area contributed by atoms with E-state index in [1.165, 1.54) is 12.8 Å². The molecule has 2 nitrogen and oxygen atoms in total. The molecule has 0 atom stereocenters. The molecule has 0 heterocycles. The van der Waals surface area contributed by atoms with Crippen LogP contribution in [0.3, 0.4) is 0 Å². The van der Waals surface area contributed by atoms with Crippen LogP contribution in [0.2, 0.25) is 0 Å². The summed E-state index contributed by atoms with van der Waals surface area (Å²) < 4.78 is 0. The van der Waals surface area contributed by atoms with E-state index in [1.807, 2.05) is 19.9 Å². The molecule has 74 valence electrons. The minimum Gasteiger partial charge on any atom is -0.478 e. The van der Waals surface area contributed by atoms with E-state index in [4.69, 9.17) is 5.11 Å². The van der Waals surface area contributed by atoms with E-state index < -0.39 is 5.97 Å².